The molecule has 2 aromatic rings. The van der Waals surface area contributed by atoms with Crippen LogP contribution >= 0.6 is 0 Å². The molecule has 0 saturated heterocycles. The molecule has 0 radical (unpaired) electrons. The van der Waals surface area contributed by atoms with Crippen LogP contribution in [0.3, 0.4) is 0 Å². The molecular weight excluding hydrogens is 238 g/mol. The molecule has 98 valence electrons. The van der Waals surface area contributed by atoms with Gasteiger partial charge in [0.1, 0.15) is 5.75 Å². The summed E-state index contributed by atoms with van der Waals surface area (Å²) in [4.78, 5) is 16.3. The molecule has 1 aromatic heterocycles. The number of aromatic nitrogens is 1. The van der Waals surface area contributed by atoms with Gasteiger partial charge < -0.3 is 4.74 Å². The molecule has 1 aromatic carbocycles. The van der Waals surface area contributed by atoms with Gasteiger partial charge in [-0.1, -0.05) is 0 Å². The highest BCUT2D eigenvalue weighted by Gasteiger charge is 2.12. The maximum Gasteiger partial charge on any atom is 0.167 e. The number of hydrogen-bond acceptors (Lipinski definition) is 3. The highest BCUT2D eigenvalue weighted by molar-refractivity contribution is 5.99. The van der Waals surface area contributed by atoms with Gasteiger partial charge in [-0.15, -0.1) is 0 Å². The number of benzene rings is 1. The summed E-state index contributed by atoms with van der Waals surface area (Å²) in [5.41, 5.74) is 3.66. The van der Waals surface area contributed by atoms with Crippen molar-refractivity contribution in [2.45, 2.75) is 20.3 Å². The normalized spacial score (nSPS) is 10.3. The third kappa shape index (κ3) is 2.99. The van der Waals surface area contributed by atoms with Crippen LogP contribution in [0.25, 0.3) is 0 Å². The van der Waals surface area contributed by atoms with Crippen LogP contribution in [-0.4, -0.2) is 17.9 Å². The first-order valence-electron chi connectivity index (χ1n) is 6.19. The van der Waals surface area contributed by atoms with Crippen LogP contribution in [0.2, 0.25) is 0 Å². The lowest BCUT2D eigenvalue weighted by Gasteiger charge is -2.10. The lowest BCUT2D eigenvalue weighted by molar-refractivity contribution is 0.0992. The maximum absolute atomic E-state index is 12.3. The van der Waals surface area contributed by atoms with E-state index in [1.807, 2.05) is 38.1 Å². The van der Waals surface area contributed by atoms with Crippen molar-refractivity contribution in [2.75, 3.05) is 7.11 Å². The third-order valence-electron chi connectivity index (χ3n) is 3.16. The summed E-state index contributed by atoms with van der Waals surface area (Å²) >= 11 is 0. The van der Waals surface area contributed by atoms with Crippen molar-refractivity contribution >= 4 is 5.78 Å². The quantitative estimate of drug-likeness (QED) is 0.788. The van der Waals surface area contributed by atoms with Gasteiger partial charge in [0, 0.05) is 24.4 Å². The van der Waals surface area contributed by atoms with E-state index in [2.05, 4.69) is 4.98 Å². The first-order valence-corrected chi connectivity index (χ1v) is 6.19. The second-order valence-corrected chi connectivity index (χ2v) is 4.59. The number of hydrogen-bond donors (Lipinski definition) is 0. The van der Waals surface area contributed by atoms with Crippen LogP contribution in [0.5, 0.6) is 5.75 Å². The number of ether oxygens (including phenoxy) is 1. The van der Waals surface area contributed by atoms with E-state index in [0.717, 1.165) is 28.0 Å². The summed E-state index contributed by atoms with van der Waals surface area (Å²) in [6.07, 6.45) is 3.80. The predicted molar refractivity (Wildman–Crippen MR) is 74.7 cm³/mol. The molecule has 0 amide bonds. The van der Waals surface area contributed by atoms with E-state index in [1.54, 1.807) is 19.5 Å². The zero-order chi connectivity index (χ0) is 13.8. The topological polar surface area (TPSA) is 39.2 Å². The Morgan fingerprint density at radius 3 is 2.47 bits per heavy atom. The molecular formula is C16H17NO2. The number of methoxy groups -OCH3 is 1. The minimum atomic E-state index is 0.120. The third-order valence-corrected chi connectivity index (χ3v) is 3.16. The van der Waals surface area contributed by atoms with Gasteiger partial charge in [0.2, 0.25) is 0 Å². The van der Waals surface area contributed by atoms with Crippen LogP contribution in [-0.2, 0) is 6.42 Å². The number of Topliss-reactive ketones (excluding diaryl/α,β-unsaturated/α-hetero) is 1. The van der Waals surface area contributed by atoms with Gasteiger partial charge in [-0.3, -0.25) is 9.78 Å². The van der Waals surface area contributed by atoms with Gasteiger partial charge >= 0.3 is 0 Å². The SMILES string of the molecule is COc1cc(C)c(C(=O)Cc2ccncc2)cc1C. The second kappa shape index (κ2) is 5.65. The van der Waals surface area contributed by atoms with E-state index in [-0.39, 0.29) is 5.78 Å². The van der Waals surface area contributed by atoms with Crippen molar-refractivity contribution in [3.63, 3.8) is 0 Å². The summed E-state index contributed by atoms with van der Waals surface area (Å²) < 4.78 is 5.26. The van der Waals surface area contributed by atoms with Crippen molar-refractivity contribution in [1.29, 1.82) is 0 Å². The second-order valence-electron chi connectivity index (χ2n) is 4.59. The zero-order valence-corrected chi connectivity index (χ0v) is 11.4. The fourth-order valence-electron chi connectivity index (χ4n) is 2.09. The average molecular weight is 255 g/mol. The Balaban J connectivity index is 2.27. The van der Waals surface area contributed by atoms with E-state index < -0.39 is 0 Å². The Bertz CT molecular complexity index is 591. The van der Waals surface area contributed by atoms with Crippen molar-refractivity contribution < 1.29 is 9.53 Å². The number of carbonyl (C=O) groups excluding carboxylic acids is 1. The molecule has 0 aliphatic carbocycles. The van der Waals surface area contributed by atoms with Crippen LogP contribution in [0.15, 0.2) is 36.7 Å². The van der Waals surface area contributed by atoms with Crippen molar-refractivity contribution in [2.24, 2.45) is 0 Å². The van der Waals surface area contributed by atoms with Gasteiger partial charge in [0.25, 0.3) is 0 Å². The molecule has 0 aliphatic heterocycles. The number of rotatable bonds is 4. The fraction of sp³-hybridized carbons (Fsp3) is 0.250. The van der Waals surface area contributed by atoms with E-state index in [1.165, 1.54) is 0 Å². The van der Waals surface area contributed by atoms with Gasteiger partial charge in [0.05, 0.1) is 7.11 Å². The molecule has 0 bridgehead atoms. The predicted octanol–water partition coefficient (Wildman–Crippen LogP) is 3.13. The van der Waals surface area contributed by atoms with Crippen LogP contribution < -0.4 is 4.74 Å². The minimum Gasteiger partial charge on any atom is -0.496 e. The van der Waals surface area contributed by atoms with E-state index in [0.29, 0.717) is 6.42 Å². The number of carbonyl (C=O) groups is 1. The first-order chi connectivity index (χ1) is 9.11. The van der Waals surface area contributed by atoms with Gasteiger partial charge in [-0.2, -0.15) is 0 Å². The standard InChI is InChI=1S/C16H17NO2/c1-11-9-16(19-3)12(2)8-14(11)15(18)10-13-4-6-17-7-5-13/h4-9H,10H2,1-3H3. The number of pyridine rings is 1. The molecule has 2 rings (SSSR count). The van der Waals surface area contributed by atoms with E-state index >= 15 is 0 Å². The van der Waals surface area contributed by atoms with Crippen molar-refractivity contribution in [3.8, 4) is 5.75 Å². The summed E-state index contributed by atoms with van der Waals surface area (Å²) in [7, 11) is 1.64. The molecule has 0 fully saturated rings. The summed E-state index contributed by atoms with van der Waals surface area (Å²) in [5.74, 6) is 0.937. The summed E-state index contributed by atoms with van der Waals surface area (Å²) in [6.45, 7) is 3.88. The fourth-order valence-corrected chi connectivity index (χ4v) is 2.09. The van der Waals surface area contributed by atoms with Gasteiger partial charge in [-0.25, -0.2) is 0 Å². The number of ketones is 1. The lowest BCUT2D eigenvalue weighted by Crippen LogP contribution is -2.06. The molecule has 0 N–H and O–H groups in total. The Hall–Kier alpha value is -2.16. The smallest absolute Gasteiger partial charge is 0.167 e. The average Bonchev–Trinajstić information content (AvgIpc) is 2.42. The zero-order valence-electron chi connectivity index (χ0n) is 11.4. The highest BCUT2D eigenvalue weighted by Crippen LogP contribution is 2.23. The Morgan fingerprint density at radius 1 is 1.16 bits per heavy atom. The first kappa shape index (κ1) is 13.3. The molecule has 0 aliphatic rings. The van der Waals surface area contributed by atoms with E-state index in [4.69, 9.17) is 4.74 Å². The van der Waals surface area contributed by atoms with Gasteiger partial charge in [-0.05, 0) is 54.8 Å². The van der Waals surface area contributed by atoms with Crippen LogP contribution in [0.1, 0.15) is 27.0 Å². The Kier molecular flexibility index (Phi) is 3.95. The highest BCUT2D eigenvalue weighted by atomic mass is 16.5. The molecule has 1 heterocycles. The molecule has 0 saturated carbocycles. The summed E-state index contributed by atoms with van der Waals surface area (Å²) in [5, 5.41) is 0. The van der Waals surface area contributed by atoms with Crippen LogP contribution in [0, 0.1) is 13.8 Å². The Morgan fingerprint density at radius 2 is 1.84 bits per heavy atom. The molecule has 19 heavy (non-hydrogen) atoms. The molecule has 0 atom stereocenters. The Labute approximate surface area is 113 Å². The number of aryl methyl sites for hydroxylation is 2. The van der Waals surface area contributed by atoms with Crippen LogP contribution in [0.4, 0.5) is 0 Å². The van der Waals surface area contributed by atoms with Crippen molar-refractivity contribution in [3.05, 3.63) is 58.9 Å². The summed E-state index contributed by atoms with van der Waals surface area (Å²) in [6, 6.07) is 7.54. The lowest BCUT2D eigenvalue weighted by atomic mass is 9.97. The molecule has 0 spiro atoms. The largest absolute Gasteiger partial charge is 0.496 e. The maximum atomic E-state index is 12.3. The van der Waals surface area contributed by atoms with E-state index in [9.17, 15) is 4.79 Å². The number of nitrogens with zero attached hydrogens (tertiary/aromatic N) is 1. The monoisotopic (exact) mass is 255 g/mol. The molecule has 3 nitrogen and oxygen atoms in total. The van der Waals surface area contributed by atoms with Crippen molar-refractivity contribution in [1.82, 2.24) is 4.98 Å². The minimum absolute atomic E-state index is 0.120. The molecule has 3 heteroatoms. The molecule has 0 unspecified atom stereocenters. The van der Waals surface area contributed by atoms with Gasteiger partial charge in [0.15, 0.2) is 5.78 Å².